The van der Waals surface area contributed by atoms with Gasteiger partial charge in [0.15, 0.2) is 0 Å². The van der Waals surface area contributed by atoms with E-state index < -0.39 is 5.82 Å². The average Bonchev–Trinajstić information content (AvgIpc) is 2.36. The van der Waals surface area contributed by atoms with Crippen molar-refractivity contribution in [3.05, 3.63) is 29.6 Å². The zero-order chi connectivity index (χ0) is 14.6. The molecule has 19 heavy (non-hydrogen) atoms. The van der Waals surface area contributed by atoms with Crippen molar-refractivity contribution >= 4 is 5.91 Å². The molecule has 5 heteroatoms. The molecule has 0 aliphatic rings. The first-order valence-electron chi connectivity index (χ1n) is 6.36. The number of carbonyl (C=O) groups is 1. The second kappa shape index (κ2) is 6.52. The first kappa shape index (κ1) is 15.4. The summed E-state index contributed by atoms with van der Waals surface area (Å²) in [7, 11) is 1.74. The minimum absolute atomic E-state index is 0.0176. The summed E-state index contributed by atoms with van der Waals surface area (Å²) in [6, 6.07) is 3.26. The van der Waals surface area contributed by atoms with Gasteiger partial charge in [0.2, 0.25) is 5.91 Å². The van der Waals surface area contributed by atoms with E-state index in [4.69, 9.17) is 0 Å². The summed E-state index contributed by atoms with van der Waals surface area (Å²) in [6.07, 6.45) is 0. The Morgan fingerprint density at radius 1 is 1.47 bits per heavy atom. The van der Waals surface area contributed by atoms with Crippen molar-refractivity contribution in [3.8, 4) is 5.75 Å². The Labute approximate surface area is 113 Å². The fourth-order valence-corrected chi connectivity index (χ4v) is 1.91. The van der Waals surface area contributed by atoms with Crippen LogP contribution in [-0.2, 0) is 4.79 Å². The molecule has 0 heterocycles. The van der Waals surface area contributed by atoms with Gasteiger partial charge in [-0.1, -0.05) is 6.07 Å². The van der Waals surface area contributed by atoms with E-state index in [1.165, 1.54) is 12.1 Å². The van der Waals surface area contributed by atoms with Crippen molar-refractivity contribution in [2.24, 2.45) is 0 Å². The largest absolute Gasteiger partial charge is 0.508 e. The lowest BCUT2D eigenvalue weighted by molar-refractivity contribution is -0.131. The first-order chi connectivity index (χ1) is 8.86. The van der Waals surface area contributed by atoms with Crippen LogP contribution in [0.1, 0.15) is 32.4 Å². The van der Waals surface area contributed by atoms with Gasteiger partial charge in [0, 0.05) is 31.3 Å². The number of likely N-dealkylation sites (N-methyl/N-ethyl adjacent to an activating group) is 1. The second-order valence-corrected chi connectivity index (χ2v) is 4.67. The Hall–Kier alpha value is -1.62. The van der Waals surface area contributed by atoms with Crippen molar-refractivity contribution in [2.75, 3.05) is 13.6 Å². The molecule has 0 radical (unpaired) electrons. The monoisotopic (exact) mass is 268 g/mol. The highest BCUT2D eigenvalue weighted by Crippen LogP contribution is 2.25. The number of benzene rings is 1. The van der Waals surface area contributed by atoms with Gasteiger partial charge in [-0.05, 0) is 26.8 Å². The van der Waals surface area contributed by atoms with E-state index in [0.29, 0.717) is 12.1 Å². The smallest absolute Gasteiger partial charge is 0.239 e. The van der Waals surface area contributed by atoms with Gasteiger partial charge in [0.1, 0.15) is 11.6 Å². The van der Waals surface area contributed by atoms with Gasteiger partial charge in [-0.2, -0.15) is 0 Å². The van der Waals surface area contributed by atoms with E-state index in [1.807, 2.05) is 13.8 Å². The van der Waals surface area contributed by atoms with Gasteiger partial charge < -0.3 is 10.0 Å². The van der Waals surface area contributed by atoms with Crippen LogP contribution in [-0.4, -0.2) is 35.5 Å². The van der Waals surface area contributed by atoms with Gasteiger partial charge in [-0.3, -0.25) is 10.1 Å². The van der Waals surface area contributed by atoms with E-state index in [1.54, 1.807) is 18.9 Å². The Balaban J connectivity index is 2.74. The van der Waals surface area contributed by atoms with Crippen molar-refractivity contribution in [2.45, 2.75) is 32.9 Å². The van der Waals surface area contributed by atoms with Crippen molar-refractivity contribution in [1.82, 2.24) is 10.2 Å². The third-order valence-corrected chi connectivity index (χ3v) is 3.18. The summed E-state index contributed by atoms with van der Waals surface area (Å²) in [5.41, 5.74) is 0.570. The van der Waals surface area contributed by atoms with Crippen LogP contribution in [0.15, 0.2) is 18.2 Å². The molecule has 0 aromatic heterocycles. The SMILES string of the molecule is CCN(C)C(=O)C(C)NC(C)c1ccc(F)cc1O. The van der Waals surface area contributed by atoms with Gasteiger partial charge in [0.05, 0.1) is 6.04 Å². The maximum absolute atomic E-state index is 12.9. The van der Waals surface area contributed by atoms with Gasteiger partial charge in [0.25, 0.3) is 0 Å². The summed E-state index contributed by atoms with van der Waals surface area (Å²) >= 11 is 0. The molecule has 1 amide bonds. The Kier molecular flexibility index (Phi) is 5.30. The summed E-state index contributed by atoms with van der Waals surface area (Å²) < 4.78 is 12.9. The molecule has 0 aliphatic carbocycles. The van der Waals surface area contributed by atoms with E-state index in [2.05, 4.69) is 5.32 Å². The summed E-state index contributed by atoms with van der Waals surface area (Å²) in [5.74, 6) is -0.609. The quantitative estimate of drug-likeness (QED) is 0.859. The number of phenols is 1. The second-order valence-electron chi connectivity index (χ2n) is 4.67. The number of aromatic hydroxyl groups is 1. The number of rotatable bonds is 5. The van der Waals surface area contributed by atoms with Gasteiger partial charge in [-0.25, -0.2) is 4.39 Å². The Morgan fingerprint density at radius 2 is 2.11 bits per heavy atom. The fourth-order valence-electron chi connectivity index (χ4n) is 1.91. The maximum atomic E-state index is 12.9. The number of hydrogen-bond acceptors (Lipinski definition) is 3. The lowest BCUT2D eigenvalue weighted by Gasteiger charge is -2.24. The van der Waals surface area contributed by atoms with Crippen molar-refractivity contribution in [3.63, 3.8) is 0 Å². The molecule has 2 unspecified atom stereocenters. The molecule has 0 fully saturated rings. The minimum Gasteiger partial charge on any atom is -0.508 e. The van der Waals surface area contributed by atoms with Crippen LogP contribution in [0.5, 0.6) is 5.75 Å². The zero-order valence-electron chi connectivity index (χ0n) is 11.8. The van der Waals surface area contributed by atoms with Crippen molar-refractivity contribution < 1.29 is 14.3 Å². The molecule has 0 spiro atoms. The van der Waals surface area contributed by atoms with E-state index in [0.717, 1.165) is 6.07 Å². The molecule has 1 aromatic carbocycles. The molecule has 2 atom stereocenters. The van der Waals surface area contributed by atoms with Crippen LogP contribution >= 0.6 is 0 Å². The highest BCUT2D eigenvalue weighted by molar-refractivity contribution is 5.81. The molecule has 1 aromatic rings. The summed E-state index contributed by atoms with van der Waals surface area (Å²) in [5, 5.41) is 12.8. The van der Waals surface area contributed by atoms with E-state index >= 15 is 0 Å². The minimum atomic E-state index is -0.483. The predicted molar refractivity (Wildman–Crippen MR) is 72.4 cm³/mol. The molecule has 0 bridgehead atoms. The van der Waals surface area contributed by atoms with Crippen LogP contribution in [0.25, 0.3) is 0 Å². The van der Waals surface area contributed by atoms with Crippen LogP contribution in [0.2, 0.25) is 0 Å². The molecule has 0 saturated heterocycles. The number of phenolic OH excluding ortho intramolecular Hbond substituents is 1. The molecule has 0 aliphatic heterocycles. The number of halogens is 1. The predicted octanol–water partition coefficient (Wildman–Crippen LogP) is 2.05. The van der Waals surface area contributed by atoms with Crippen LogP contribution in [0.4, 0.5) is 4.39 Å². The molecule has 2 N–H and O–H groups in total. The highest BCUT2D eigenvalue weighted by atomic mass is 19.1. The van der Waals surface area contributed by atoms with Gasteiger partial charge in [-0.15, -0.1) is 0 Å². The summed E-state index contributed by atoms with van der Waals surface area (Å²) in [6.45, 7) is 6.13. The zero-order valence-corrected chi connectivity index (χ0v) is 11.8. The number of hydrogen-bond donors (Lipinski definition) is 2. The number of nitrogens with zero attached hydrogens (tertiary/aromatic N) is 1. The molecule has 106 valence electrons. The highest BCUT2D eigenvalue weighted by Gasteiger charge is 2.20. The Morgan fingerprint density at radius 3 is 2.63 bits per heavy atom. The number of carbonyl (C=O) groups excluding carboxylic acids is 1. The fraction of sp³-hybridized carbons (Fsp3) is 0.500. The molecule has 0 saturated carbocycles. The van der Waals surface area contributed by atoms with E-state index in [9.17, 15) is 14.3 Å². The van der Waals surface area contributed by atoms with E-state index in [-0.39, 0.29) is 23.7 Å². The maximum Gasteiger partial charge on any atom is 0.239 e. The standard InChI is InChI=1S/C14H21FN2O2/c1-5-17(4)14(19)10(3)16-9(2)12-7-6-11(15)8-13(12)18/h6-10,16,18H,5H2,1-4H3. The molecule has 1 rings (SSSR count). The number of nitrogens with one attached hydrogen (secondary N) is 1. The lowest BCUT2D eigenvalue weighted by atomic mass is 10.1. The first-order valence-corrected chi connectivity index (χ1v) is 6.36. The molecule has 4 nitrogen and oxygen atoms in total. The summed E-state index contributed by atoms with van der Waals surface area (Å²) in [4.78, 5) is 13.5. The topological polar surface area (TPSA) is 52.6 Å². The van der Waals surface area contributed by atoms with Crippen molar-refractivity contribution in [1.29, 1.82) is 0 Å². The van der Waals surface area contributed by atoms with Gasteiger partial charge >= 0.3 is 0 Å². The van der Waals surface area contributed by atoms with Crippen LogP contribution in [0.3, 0.4) is 0 Å². The van der Waals surface area contributed by atoms with Crippen LogP contribution in [0, 0.1) is 5.82 Å². The molecular weight excluding hydrogens is 247 g/mol. The third-order valence-electron chi connectivity index (χ3n) is 3.18. The lowest BCUT2D eigenvalue weighted by Crippen LogP contribution is -2.43. The Bertz CT molecular complexity index is 451. The third kappa shape index (κ3) is 3.92. The number of amides is 1. The molecular formula is C14H21FN2O2. The van der Waals surface area contributed by atoms with Crippen LogP contribution < -0.4 is 5.32 Å². The average molecular weight is 268 g/mol. The normalized spacial score (nSPS) is 13.9.